The number of fused-ring (bicyclic) bond motifs is 5. The van der Waals surface area contributed by atoms with Crippen LogP contribution in [-0.2, 0) is 0 Å². The Hall–Kier alpha value is -4.93. The number of hydrogen-bond acceptors (Lipinski definition) is 4. The van der Waals surface area contributed by atoms with Crippen LogP contribution in [0.15, 0.2) is 144 Å². The highest BCUT2D eigenvalue weighted by molar-refractivity contribution is 8.00. The molecule has 194 valence electrons. The monoisotopic (exact) mass is 543 g/mol. The van der Waals surface area contributed by atoms with Gasteiger partial charge in [0.1, 0.15) is 5.37 Å². The maximum absolute atomic E-state index is 5.12. The van der Waals surface area contributed by atoms with Gasteiger partial charge in [-0.15, -0.1) is 0 Å². The zero-order valence-corrected chi connectivity index (χ0v) is 23.0. The third-order valence-electron chi connectivity index (χ3n) is 7.73. The Kier molecular flexibility index (Phi) is 5.78. The van der Waals surface area contributed by atoms with E-state index in [1.165, 1.54) is 32.3 Å². The van der Waals surface area contributed by atoms with E-state index in [4.69, 9.17) is 9.97 Å². The predicted molar refractivity (Wildman–Crippen MR) is 172 cm³/mol. The number of nitrogens with one attached hydrogen (secondary N) is 1. The number of rotatable bonds is 4. The molecule has 41 heavy (non-hydrogen) atoms. The predicted octanol–water partition coefficient (Wildman–Crippen LogP) is 10.0. The van der Waals surface area contributed by atoms with Gasteiger partial charge >= 0.3 is 0 Å². The fourth-order valence-electron chi connectivity index (χ4n) is 5.75. The molecule has 0 saturated carbocycles. The lowest BCUT2D eigenvalue weighted by Crippen LogP contribution is -2.01. The highest BCUT2D eigenvalue weighted by Gasteiger charge is 2.25. The molecule has 0 radical (unpaired) electrons. The summed E-state index contributed by atoms with van der Waals surface area (Å²) in [5, 5.41) is 8.84. The molecule has 0 saturated heterocycles. The number of thioether (sulfide) groups is 1. The second-order valence-electron chi connectivity index (χ2n) is 10.3. The van der Waals surface area contributed by atoms with Gasteiger partial charge in [0, 0.05) is 27.0 Å². The van der Waals surface area contributed by atoms with E-state index in [2.05, 4.69) is 133 Å². The summed E-state index contributed by atoms with van der Waals surface area (Å²) in [6, 6.07) is 48.9. The first-order valence-corrected chi connectivity index (χ1v) is 14.7. The third-order valence-corrected chi connectivity index (χ3v) is 8.95. The summed E-state index contributed by atoms with van der Waals surface area (Å²) in [4.78, 5) is 11.5. The minimum absolute atomic E-state index is 0.189. The van der Waals surface area contributed by atoms with E-state index in [1.807, 2.05) is 23.9 Å². The van der Waals surface area contributed by atoms with Crippen molar-refractivity contribution >= 4 is 39.0 Å². The summed E-state index contributed by atoms with van der Waals surface area (Å²) in [5.41, 5.74) is 7.49. The molecular weight excluding hydrogens is 518 g/mol. The topological polar surface area (TPSA) is 37.8 Å². The lowest BCUT2D eigenvalue weighted by molar-refractivity contribution is 1.14. The van der Waals surface area contributed by atoms with Crippen LogP contribution in [0.1, 0.15) is 10.9 Å². The van der Waals surface area contributed by atoms with Gasteiger partial charge < -0.3 is 5.32 Å². The van der Waals surface area contributed by atoms with E-state index >= 15 is 0 Å². The first-order chi connectivity index (χ1) is 20.3. The largest absolute Gasteiger partial charge is 0.368 e. The molecular formula is C37H25N3S. The molecule has 1 aliphatic heterocycles. The van der Waals surface area contributed by atoms with E-state index < -0.39 is 0 Å². The molecule has 1 N–H and O–H groups in total. The lowest BCUT2D eigenvalue weighted by atomic mass is 9.96. The highest BCUT2D eigenvalue weighted by Crippen LogP contribution is 2.51. The number of benzene rings is 6. The van der Waals surface area contributed by atoms with E-state index in [-0.39, 0.29) is 5.37 Å². The van der Waals surface area contributed by atoms with Crippen LogP contribution in [0.2, 0.25) is 0 Å². The Morgan fingerprint density at radius 3 is 1.88 bits per heavy atom. The van der Waals surface area contributed by atoms with Gasteiger partial charge in [-0.05, 0) is 33.9 Å². The van der Waals surface area contributed by atoms with Crippen molar-refractivity contribution < 1.29 is 0 Å². The quantitative estimate of drug-likeness (QED) is 0.224. The molecule has 1 unspecified atom stereocenters. The molecule has 3 nitrogen and oxygen atoms in total. The van der Waals surface area contributed by atoms with Crippen molar-refractivity contribution in [2.45, 2.75) is 10.3 Å². The van der Waals surface area contributed by atoms with Crippen molar-refractivity contribution in [2.75, 3.05) is 5.32 Å². The zero-order chi connectivity index (χ0) is 27.2. The fourth-order valence-corrected chi connectivity index (χ4v) is 6.90. The average molecular weight is 544 g/mol. The van der Waals surface area contributed by atoms with Crippen LogP contribution in [0.4, 0.5) is 5.69 Å². The second kappa shape index (κ2) is 9.92. The number of anilines is 1. The van der Waals surface area contributed by atoms with Gasteiger partial charge in [0.25, 0.3) is 0 Å². The molecule has 0 spiro atoms. The van der Waals surface area contributed by atoms with Gasteiger partial charge in [-0.1, -0.05) is 139 Å². The Labute approximate surface area is 242 Å². The summed E-state index contributed by atoms with van der Waals surface area (Å²) >= 11 is 1.88. The van der Waals surface area contributed by atoms with Crippen molar-refractivity contribution in [3.8, 4) is 33.9 Å². The maximum atomic E-state index is 5.12. The van der Waals surface area contributed by atoms with E-state index in [1.54, 1.807) is 0 Å². The first-order valence-electron chi connectivity index (χ1n) is 13.8. The highest BCUT2D eigenvalue weighted by atomic mass is 32.2. The van der Waals surface area contributed by atoms with E-state index in [0.717, 1.165) is 39.3 Å². The van der Waals surface area contributed by atoms with Gasteiger partial charge in [-0.3, -0.25) is 0 Å². The molecule has 7 aromatic rings. The van der Waals surface area contributed by atoms with Crippen LogP contribution in [-0.4, -0.2) is 9.97 Å². The molecule has 1 aromatic heterocycles. The van der Waals surface area contributed by atoms with Crippen molar-refractivity contribution in [2.24, 2.45) is 0 Å². The second-order valence-corrected chi connectivity index (χ2v) is 11.4. The normalized spacial score (nSPS) is 14.2. The smallest absolute Gasteiger partial charge is 0.161 e. The SMILES string of the molecule is c1ccc(-c2cc(-c3ccccc3)nc(-c3cccc4c3ccc3ccc5c(c34)NC(c3ccccc3)S5)n2)cc1. The van der Waals surface area contributed by atoms with Crippen LogP contribution >= 0.6 is 11.8 Å². The number of aromatic nitrogens is 2. The Morgan fingerprint density at radius 1 is 0.561 bits per heavy atom. The van der Waals surface area contributed by atoms with Crippen LogP contribution in [0.5, 0.6) is 0 Å². The summed E-state index contributed by atoms with van der Waals surface area (Å²) in [5.74, 6) is 0.729. The Morgan fingerprint density at radius 2 is 1.20 bits per heavy atom. The van der Waals surface area contributed by atoms with Crippen LogP contribution in [0, 0.1) is 0 Å². The molecule has 1 aliphatic rings. The zero-order valence-electron chi connectivity index (χ0n) is 22.2. The number of nitrogens with zero attached hydrogens (tertiary/aromatic N) is 2. The van der Waals surface area contributed by atoms with Gasteiger partial charge in [0.15, 0.2) is 5.82 Å². The van der Waals surface area contributed by atoms with Crippen LogP contribution < -0.4 is 5.32 Å². The minimum Gasteiger partial charge on any atom is -0.368 e. The van der Waals surface area contributed by atoms with Crippen molar-refractivity contribution in [1.82, 2.24) is 9.97 Å². The Bertz CT molecular complexity index is 1980. The van der Waals surface area contributed by atoms with Crippen molar-refractivity contribution in [3.63, 3.8) is 0 Å². The molecule has 0 aliphatic carbocycles. The molecule has 8 rings (SSSR count). The van der Waals surface area contributed by atoms with E-state index in [0.29, 0.717) is 0 Å². The molecule has 0 fully saturated rings. The molecule has 2 heterocycles. The third kappa shape index (κ3) is 4.24. The standard InChI is InChI=1S/C37H25N3S/c1-4-11-24(12-5-1)31-23-32(25-13-6-2-7-14-25)39-36(38-31)30-18-10-17-29-28(30)21-19-26-20-22-33-35(34(26)29)40-37(41-33)27-15-8-3-9-16-27/h1-23,37,40H. The summed E-state index contributed by atoms with van der Waals surface area (Å²) in [6.45, 7) is 0. The summed E-state index contributed by atoms with van der Waals surface area (Å²) in [6.07, 6.45) is 0. The average Bonchev–Trinajstić information content (AvgIpc) is 3.50. The first kappa shape index (κ1) is 23.9. The molecule has 0 bridgehead atoms. The molecule has 6 aromatic carbocycles. The Balaban J connectivity index is 1.32. The van der Waals surface area contributed by atoms with Crippen LogP contribution in [0.3, 0.4) is 0 Å². The molecule has 1 atom stereocenters. The van der Waals surface area contributed by atoms with E-state index in [9.17, 15) is 0 Å². The van der Waals surface area contributed by atoms with Gasteiger partial charge in [-0.2, -0.15) is 0 Å². The maximum Gasteiger partial charge on any atom is 0.161 e. The molecule has 4 heteroatoms. The van der Waals surface area contributed by atoms with Gasteiger partial charge in [0.05, 0.1) is 17.1 Å². The number of hydrogen-bond donors (Lipinski definition) is 1. The van der Waals surface area contributed by atoms with Crippen molar-refractivity contribution in [1.29, 1.82) is 0 Å². The summed E-state index contributed by atoms with van der Waals surface area (Å²) in [7, 11) is 0. The van der Waals surface area contributed by atoms with Gasteiger partial charge in [0.2, 0.25) is 0 Å². The van der Waals surface area contributed by atoms with Crippen molar-refractivity contribution in [3.05, 3.63) is 145 Å². The van der Waals surface area contributed by atoms with Crippen LogP contribution in [0.25, 0.3) is 55.4 Å². The van der Waals surface area contributed by atoms with Gasteiger partial charge in [-0.25, -0.2) is 9.97 Å². The lowest BCUT2D eigenvalue weighted by Gasteiger charge is -2.14. The summed E-state index contributed by atoms with van der Waals surface area (Å²) < 4.78 is 0. The minimum atomic E-state index is 0.189. The molecule has 0 amide bonds. The fraction of sp³-hybridized carbons (Fsp3) is 0.0270.